The number of ether oxygens (including phenoxy) is 1. The molecule has 7 nitrogen and oxygen atoms in total. The topological polar surface area (TPSA) is 81.9 Å². The lowest BCUT2D eigenvalue weighted by Gasteiger charge is -2.11. The van der Waals surface area contributed by atoms with Crippen LogP contribution in [0.2, 0.25) is 10.0 Å². The van der Waals surface area contributed by atoms with E-state index in [2.05, 4.69) is 20.5 Å². The Morgan fingerprint density at radius 2 is 1.85 bits per heavy atom. The van der Waals surface area contributed by atoms with Crippen molar-refractivity contribution in [3.63, 3.8) is 0 Å². The molecule has 0 aliphatic rings. The SMILES string of the molecule is CCOc1ccc(-c2nnc(SCC(=O)Nc3ncc(Cc4ccc(Cl)cc4Cl)s3)n2-c2ccccc2)cc1. The average molecular weight is 597 g/mol. The van der Waals surface area contributed by atoms with E-state index in [9.17, 15) is 4.79 Å². The third kappa shape index (κ3) is 6.80. The Labute approximate surface area is 244 Å². The van der Waals surface area contributed by atoms with Gasteiger partial charge in [0.2, 0.25) is 5.91 Å². The monoisotopic (exact) mass is 595 g/mol. The summed E-state index contributed by atoms with van der Waals surface area (Å²) in [5, 5.41) is 14.1. The third-order valence-electron chi connectivity index (χ3n) is 5.58. The Kier molecular flexibility index (Phi) is 8.83. The second-order valence-electron chi connectivity index (χ2n) is 8.32. The van der Waals surface area contributed by atoms with E-state index >= 15 is 0 Å². The predicted molar refractivity (Wildman–Crippen MR) is 159 cm³/mol. The molecular formula is C28H23Cl2N5O2S2. The van der Waals surface area contributed by atoms with Gasteiger partial charge in [0.1, 0.15) is 5.75 Å². The van der Waals surface area contributed by atoms with Crippen molar-refractivity contribution in [1.29, 1.82) is 0 Å². The molecule has 0 fully saturated rings. The molecule has 198 valence electrons. The van der Waals surface area contributed by atoms with Crippen molar-refractivity contribution in [2.24, 2.45) is 0 Å². The van der Waals surface area contributed by atoms with Crippen molar-refractivity contribution in [3.8, 4) is 22.8 Å². The minimum Gasteiger partial charge on any atom is -0.494 e. The molecule has 0 saturated heterocycles. The largest absolute Gasteiger partial charge is 0.494 e. The zero-order valence-electron chi connectivity index (χ0n) is 20.8. The van der Waals surface area contributed by atoms with Gasteiger partial charge in [0.15, 0.2) is 16.1 Å². The molecule has 0 unspecified atom stereocenters. The van der Waals surface area contributed by atoms with Crippen molar-refractivity contribution in [2.75, 3.05) is 17.7 Å². The molecule has 0 radical (unpaired) electrons. The Bertz CT molecular complexity index is 1570. The summed E-state index contributed by atoms with van der Waals surface area (Å²) in [6.07, 6.45) is 2.35. The zero-order valence-corrected chi connectivity index (χ0v) is 23.9. The highest BCUT2D eigenvalue weighted by atomic mass is 35.5. The molecule has 2 aromatic heterocycles. The van der Waals surface area contributed by atoms with E-state index in [1.54, 1.807) is 18.3 Å². The third-order valence-corrected chi connectivity index (χ3v) is 8.01. The Morgan fingerprint density at radius 1 is 1.05 bits per heavy atom. The molecule has 1 amide bonds. The van der Waals surface area contributed by atoms with Gasteiger partial charge in [-0.25, -0.2) is 4.98 Å². The summed E-state index contributed by atoms with van der Waals surface area (Å²) in [5.74, 6) is 1.43. The van der Waals surface area contributed by atoms with Crippen LogP contribution in [0.5, 0.6) is 5.75 Å². The summed E-state index contributed by atoms with van der Waals surface area (Å²) in [6, 6.07) is 23.0. The maximum atomic E-state index is 12.8. The first-order valence-electron chi connectivity index (χ1n) is 12.1. The smallest absolute Gasteiger partial charge is 0.236 e. The normalized spacial score (nSPS) is 10.9. The Balaban J connectivity index is 1.28. The molecule has 0 aliphatic heterocycles. The number of halogens is 2. The lowest BCUT2D eigenvalue weighted by Crippen LogP contribution is -2.14. The number of amides is 1. The van der Waals surface area contributed by atoms with E-state index in [4.69, 9.17) is 27.9 Å². The number of carbonyl (C=O) groups is 1. The van der Waals surface area contributed by atoms with Crippen molar-refractivity contribution in [1.82, 2.24) is 19.7 Å². The molecule has 2 heterocycles. The number of rotatable bonds is 10. The minimum absolute atomic E-state index is 0.145. The fourth-order valence-corrected chi connectivity index (χ4v) is 5.89. The van der Waals surface area contributed by atoms with Crippen molar-refractivity contribution in [3.05, 3.63) is 99.5 Å². The number of para-hydroxylation sites is 1. The van der Waals surface area contributed by atoms with Gasteiger partial charge >= 0.3 is 0 Å². The number of benzene rings is 3. The van der Waals surface area contributed by atoms with Gasteiger partial charge in [-0.3, -0.25) is 9.36 Å². The van der Waals surface area contributed by atoms with Crippen LogP contribution in [0.4, 0.5) is 5.13 Å². The summed E-state index contributed by atoms with van der Waals surface area (Å²) in [4.78, 5) is 18.1. The van der Waals surface area contributed by atoms with Crippen LogP contribution in [0.1, 0.15) is 17.4 Å². The van der Waals surface area contributed by atoms with Gasteiger partial charge in [-0.05, 0) is 61.0 Å². The highest BCUT2D eigenvalue weighted by Gasteiger charge is 2.18. The van der Waals surface area contributed by atoms with E-state index in [1.807, 2.05) is 72.2 Å². The van der Waals surface area contributed by atoms with E-state index < -0.39 is 0 Å². The summed E-state index contributed by atoms with van der Waals surface area (Å²) in [5.41, 5.74) is 2.74. The molecule has 1 N–H and O–H groups in total. The van der Waals surface area contributed by atoms with Gasteiger partial charge in [-0.15, -0.1) is 21.5 Å². The zero-order chi connectivity index (χ0) is 27.2. The van der Waals surface area contributed by atoms with Crippen LogP contribution < -0.4 is 10.1 Å². The summed E-state index contributed by atoms with van der Waals surface area (Å²) < 4.78 is 7.51. The van der Waals surface area contributed by atoms with E-state index in [1.165, 1.54) is 23.1 Å². The first-order chi connectivity index (χ1) is 19.0. The summed E-state index contributed by atoms with van der Waals surface area (Å²) in [7, 11) is 0. The van der Waals surface area contributed by atoms with Crippen LogP contribution in [0.15, 0.2) is 84.1 Å². The summed E-state index contributed by atoms with van der Waals surface area (Å²) in [6.45, 7) is 2.55. The van der Waals surface area contributed by atoms with Crippen LogP contribution in [0, 0.1) is 0 Å². The lowest BCUT2D eigenvalue weighted by molar-refractivity contribution is -0.113. The van der Waals surface area contributed by atoms with Gasteiger partial charge < -0.3 is 10.1 Å². The maximum absolute atomic E-state index is 12.8. The van der Waals surface area contributed by atoms with Gasteiger partial charge in [-0.2, -0.15) is 0 Å². The van der Waals surface area contributed by atoms with E-state index in [0.29, 0.717) is 39.2 Å². The first-order valence-corrected chi connectivity index (χ1v) is 14.6. The fourth-order valence-electron chi connectivity index (χ4n) is 3.81. The number of anilines is 1. The number of nitrogens with one attached hydrogen (secondary N) is 1. The molecule has 5 rings (SSSR count). The van der Waals surface area contributed by atoms with Gasteiger partial charge in [0, 0.05) is 38.8 Å². The second kappa shape index (κ2) is 12.7. The van der Waals surface area contributed by atoms with Gasteiger partial charge in [-0.1, -0.05) is 59.2 Å². The van der Waals surface area contributed by atoms with Gasteiger partial charge in [0.25, 0.3) is 0 Å². The number of thioether (sulfide) groups is 1. The number of thiazole rings is 1. The Hall–Kier alpha value is -3.37. The maximum Gasteiger partial charge on any atom is 0.236 e. The quantitative estimate of drug-likeness (QED) is 0.169. The predicted octanol–water partition coefficient (Wildman–Crippen LogP) is 7.42. The van der Waals surface area contributed by atoms with Crippen molar-refractivity contribution < 1.29 is 9.53 Å². The van der Waals surface area contributed by atoms with Crippen LogP contribution in [0.25, 0.3) is 17.1 Å². The molecule has 0 aliphatic carbocycles. The molecule has 39 heavy (non-hydrogen) atoms. The number of hydrogen-bond acceptors (Lipinski definition) is 7. The van der Waals surface area contributed by atoms with Crippen molar-refractivity contribution >= 4 is 57.3 Å². The number of nitrogens with zero attached hydrogens (tertiary/aromatic N) is 4. The van der Waals surface area contributed by atoms with E-state index in [0.717, 1.165) is 27.4 Å². The second-order valence-corrected chi connectivity index (χ2v) is 11.2. The lowest BCUT2D eigenvalue weighted by atomic mass is 10.1. The van der Waals surface area contributed by atoms with Gasteiger partial charge in [0.05, 0.1) is 12.4 Å². The average Bonchev–Trinajstić information content (AvgIpc) is 3.57. The van der Waals surface area contributed by atoms with Crippen molar-refractivity contribution in [2.45, 2.75) is 18.5 Å². The molecular weight excluding hydrogens is 573 g/mol. The highest BCUT2D eigenvalue weighted by Crippen LogP contribution is 2.30. The molecule has 0 bridgehead atoms. The van der Waals surface area contributed by atoms with Crippen LogP contribution in [-0.4, -0.2) is 38.0 Å². The number of hydrogen-bond donors (Lipinski definition) is 1. The van der Waals surface area contributed by atoms with Crippen LogP contribution >= 0.6 is 46.3 Å². The number of carbonyl (C=O) groups excluding carboxylic acids is 1. The molecule has 0 saturated carbocycles. The standard InChI is InChI=1S/C28H23Cl2N5O2S2/c1-2-37-22-12-9-18(10-13-22)26-33-34-28(35(26)21-6-4-3-5-7-21)38-17-25(36)32-27-31-16-23(39-27)14-19-8-11-20(29)15-24(19)30/h3-13,15-16H,2,14,17H2,1H3,(H,31,32,36). The summed E-state index contributed by atoms with van der Waals surface area (Å²) >= 11 is 15.0. The Morgan fingerprint density at radius 3 is 2.59 bits per heavy atom. The molecule has 0 atom stereocenters. The highest BCUT2D eigenvalue weighted by molar-refractivity contribution is 7.99. The van der Waals surface area contributed by atoms with Crippen LogP contribution in [0.3, 0.4) is 0 Å². The van der Waals surface area contributed by atoms with E-state index in [-0.39, 0.29) is 11.7 Å². The van der Waals surface area contributed by atoms with Crippen LogP contribution in [-0.2, 0) is 11.2 Å². The molecule has 0 spiro atoms. The minimum atomic E-state index is -0.185. The first kappa shape index (κ1) is 27.2. The number of aromatic nitrogens is 4. The molecule has 3 aromatic carbocycles. The molecule has 5 aromatic rings. The molecule has 11 heteroatoms. The fraction of sp³-hybridized carbons (Fsp3) is 0.143.